The number of imidazole rings is 1. The van der Waals surface area contributed by atoms with Gasteiger partial charge >= 0.3 is 0 Å². The van der Waals surface area contributed by atoms with Crippen molar-refractivity contribution in [2.75, 3.05) is 5.75 Å². The largest absolute Gasteiger partial charge is 0.345 e. The van der Waals surface area contributed by atoms with Gasteiger partial charge in [0.1, 0.15) is 0 Å². The van der Waals surface area contributed by atoms with Crippen molar-refractivity contribution in [3.8, 4) is 0 Å². The number of nitrogens with one attached hydrogen (secondary N) is 1. The molecule has 1 atom stereocenters. The van der Waals surface area contributed by atoms with Crippen LogP contribution in [-0.2, 0) is 32.6 Å². The minimum absolute atomic E-state index is 0.0136. The maximum atomic E-state index is 12.5. The van der Waals surface area contributed by atoms with Gasteiger partial charge in [0.2, 0.25) is 15.9 Å². The van der Waals surface area contributed by atoms with E-state index < -0.39 is 16.1 Å². The normalized spacial score (nSPS) is 12.6. The van der Waals surface area contributed by atoms with Crippen molar-refractivity contribution in [2.24, 2.45) is 5.14 Å². The number of amides is 1. The van der Waals surface area contributed by atoms with Crippen LogP contribution in [0, 0.1) is 0 Å². The molecule has 3 aromatic rings. The predicted octanol–water partition coefficient (Wildman–Crippen LogP) is 2.11. The van der Waals surface area contributed by atoms with E-state index in [1.54, 1.807) is 6.07 Å². The second kappa shape index (κ2) is 9.63. The van der Waals surface area contributed by atoms with E-state index in [-0.39, 0.29) is 22.3 Å². The summed E-state index contributed by atoms with van der Waals surface area (Å²) in [4.78, 5) is 29.0. The molecule has 3 N–H and O–H groups in total. The molecular weight excluding hydrogens is 436 g/mol. The Kier molecular flexibility index (Phi) is 7.14. The van der Waals surface area contributed by atoms with Crippen LogP contribution in [0.2, 0.25) is 0 Å². The van der Waals surface area contributed by atoms with Crippen LogP contribution in [0.15, 0.2) is 58.6 Å². The molecule has 0 radical (unpaired) electrons. The highest BCUT2D eigenvalue weighted by atomic mass is 32.2. The van der Waals surface area contributed by atoms with Crippen molar-refractivity contribution < 1.29 is 18.0 Å². The zero-order chi connectivity index (χ0) is 22.6. The van der Waals surface area contributed by atoms with E-state index in [0.29, 0.717) is 23.6 Å². The van der Waals surface area contributed by atoms with Crippen molar-refractivity contribution in [3.63, 3.8) is 0 Å². The van der Waals surface area contributed by atoms with Crippen molar-refractivity contribution in [3.05, 3.63) is 54.1 Å². The number of thioether (sulfide) groups is 1. The molecule has 1 heterocycles. The fraction of sp³-hybridized carbons (Fsp3) is 0.286. The number of carbonyl (C=O) groups excluding carboxylic acids is 2. The zero-order valence-electron chi connectivity index (χ0n) is 17.2. The molecule has 164 valence electrons. The number of carbonyl (C=O) groups is 2. The Hall–Kier alpha value is -2.69. The van der Waals surface area contributed by atoms with Gasteiger partial charge in [-0.15, -0.1) is 0 Å². The number of fused-ring (bicyclic) bond motifs is 1. The van der Waals surface area contributed by atoms with Crippen LogP contribution in [0.4, 0.5) is 0 Å². The Balaban J connectivity index is 1.72. The van der Waals surface area contributed by atoms with E-state index in [1.807, 2.05) is 41.8 Å². The molecule has 2 aromatic carbocycles. The van der Waals surface area contributed by atoms with Gasteiger partial charge in [0.25, 0.3) is 0 Å². The van der Waals surface area contributed by atoms with Gasteiger partial charge in [0.05, 0.1) is 27.7 Å². The molecule has 10 heteroatoms. The predicted molar refractivity (Wildman–Crippen MR) is 120 cm³/mol. The first kappa shape index (κ1) is 23.0. The fourth-order valence-corrected chi connectivity index (χ4v) is 4.62. The van der Waals surface area contributed by atoms with Gasteiger partial charge < -0.3 is 9.88 Å². The number of rotatable bonds is 9. The first-order chi connectivity index (χ1) is 14.7. The first-order valence-electron chi connectivity index (χ1n) is 9.68. The zero-order valence-corrected chi connectivity index (χ0v) is 18.9. The van der Waals surface area contributed by atoms with Gasteiger partial charge in [-0.3, -0.25) is 9.59 Å². The number of ketones is 1. The molecule has 0 fully saturated rings. The number of nitrogens with two attached hydrogens (primary N) is 1. The van der Waals surface area contributed by atoms with E-state index in [0.717, 1.165) is 11.1 Å². The Bertz CT molecular complexity index is 1210. The van der Waals surface area contributed by atoms with Gasteiger partial charge in [0, 0.05) is 6.54 Å². The summed E-state index contributed by atoms with van der Waals surface area (Å²) >= 11 is 1.23. The van der Waals surface area contributed by atoms with Crippen molar-refractivity contribution in [2.45, 2.75) is 42.9 Å². The summed E-state index contributed by atoms with van der Waals surface area (Å²) in [5.41, 5.74) is 2.21. The molecule has 3 rings (SSSR count). The Morgan fingerprint density at radius 2 is 1.90 bits per heavy atom. The van der Waals surface area contributed by atoms with Gasteiger partial charge in [-0.2, -0.15) is 0 Å². The van der Waals surface area contributed by atoms with E-state index in [2.05, 4.69) is 10.3 Å². The summed E-state index contributed by atoms with van der Waals surface area (Å²) in [5, 5.41) is 8.58. The highest BCUT2D eigenvalue weighted by Crippen LogP contribution is 2.26. The van der Waals surface area contributed by atoms with Crippen LogP contribution < -0.4 is 10.5 Å². The monoisotopic (exact) mass is 460 g/mol. The Morgan fingerprint density at radius 3 is 2.52 bits per heavy atom. The molecular formula is C21H24N4O4S2. The maximum Gasteiger partial charge on any atom is 0.238 e. The molecule has 1 aromatic heterocycles. The van der Waals surface area contributed by atoms with Crippen LogP contribution in [0.3, 0.4) is 0 Å². The lowest BCUT2D eigenvalue weighted by atomic mass is 10.0. The van der Waals surface area contributed by atoms with Gasteiger partial charge in [-0.25, -0.2) is 18.5 Å². The summed E-state index contributed by atoms with van der Waals surface area (Å²) in [6.07, 6.45) is 0.427. The average molecular weight is 461 g/mol. The lowest BCUT2D eigenvalue weighted by molar-refractivity contribution is -0.125. The third-order valence-corrected chi connectivity index (χ3v) is 6.66. The molecule has 0 aliphatic rings. The number of benzene rings is 2. The molecule has 1 amide bonds. The standard InChI is InChI=1S/C21H24N4O4S2/c1-3-25-19-10-9-16(31(22,28)29)12-18(19)24-21(25)30-13-20(27)23-17(14(2)26)11-15-7-5-4-6-8-15/h4-10,12,17H,3,11,13H2,1-2H3,(H,23,27)(H2,22,28,29). The summed E-state index contributed by atoms with van der Waals surface area (Å²) in [6, 6.07) is 13.4. The number of nitrogens with zero attached hydrogens (tertiary/aromatic N) is 2. The summed E-state index contributed by atoms with van der Waals surface area (Å²) in [7, 11) is -3.83. The summed E-state index contributed by atoms with van der Waals surface area (Å²) in [5.74, 6) is -0.316. The third kappa shape index (κ3) is 5.72. The van der Waals surface area contributed by atoms with Crippen LogP contribution in [0.1, 0.15) is 19.4 Å². The van der Waals surface area contributed by atoms with Crippen LogP contribution in [0.5, 0.6) is 0 Å². The van der Waals surface area contributed by atoms with Crippen molar-refractivity contribution in [1.29, 1.82) is 0 Å². The quantitative estimate of drug-likeness (QED) is 0.471. The molecule has 0 aliphatic heterocycles. The maximum absolute atomic E-state index is 12.5. The van der Waals surface area contributed by atoms with Gasteiger partial charge in [-0.05, 0) is 44.0 Å². The van der Waals surface area contributed by atoms with E-state index in [9.17, 15) is 18.0 Å². The average Bonchev–Trinajstić information content (AvgIpc) is 3.08. The fourth-order valence-electron chi connectivity index (χ4n) is 3.19. The molecule has 0 bridgehead atoms. The number of hydrogen-bond donors (Lipinski definition) is 2. The van der Waals surface area contributed by atoms with Gasteiger partial charge in [0.15, 0.2) is 10.9 Å². The number of aromatic nitrogens is 2. The van der Waals surface area contributed by atoms with Crippen LogP contribution in [-0.4, -0.2) is 41.5 Å². The Morgan fingerprint density at radius 1 is 1.19 bits per heavy atom. The molecule has 0 aliphatic carbocycles. The molecule has 8 nitrogen and oxygen atoms in total. The summed E-state index contributed by atoms with van der Waals surface area (Å²) in [6.45, 7) is 3.99. The highest BCUT2D eigenvalue weighted by Gasteiger charge is 2.19. The number of primary sulfonamides is 1. The van der Waals surface area contributed by atoms with E-state index >= 15 is 0 Å². The van der Waals surface area contributed by atoms with Gasteiger partial charge in [-0.1, -0.05) is 42.1 Å². The minimum atomic E-state index is -3.83. The molecule has 0 saturated carbocycles. The minimum Gasteiger partial charge on any atom is -0.345 e. The van der Waals surface area contributed by atoms with Crippen LogP contribution >= 0.6 is 11.8 Å². The number of sulfonamides is 1. The highest BCUT2D eigenvalue weighted by molar-refractivity contribution is 7.99. The number of hydrogen-bond acceptors (Lipinski definition) is 6. The lowest BCUT2D eigenvalue weighted by Gasteiger charge is -2.16. The van der Waals surface area contributed by atoms with E-state index in [1.165, 1.54) is 30.8 Å². The molecule has 0 saturated heterocycles. The van der Waals surface area contributed by atoms with Crippen molar-refractivity contribution >= 4 is 44.5 Å². The smallest absolute Gasteiger partial charge is 0.238 e. The topological polar surface area (TPSA) is 124 Å². The second-order valence-electron chi connectivity index (χ2n) is 7.04. The SMILES string of the molecule is CCn1c(SCC(=O)NC(Cc2ccccc2)C(C)=O)nc2cc(S(N)(=O)=O)ccc21. The molecule has 31 heavy (non-hydrogen) atoms. The number of aryl methyl sites for hydroxylation is 1. The molecule has 1 unspecified atom stereocenters. The summed E-state index contributed by atoms with van der Waals surface area (Å²) < 4.78 is 25.1. The first-order valence-corrected chi connectivity index (χ1v) is 12.2. The lowest BCUT2D eigenvalue weighted by Crippen LogP contribution is -2.42. The van der Waals surface area contributed by atoms with Crippen LogP contribution in [0.25, 0.3) is 11.0 Å². The van der Waals surface area contributed by atoms with Crippen molar-refractivity contribution in [1.82, 2.24) is 14.9 Å². The molecule has 0 spiro atoms. The third-order valence-electron chi connectivity index (χ3n) is 4.77. The number of Topliss-reactive ketones (excluding diaryl/α,β-unsaturated/α-hetero) is 1. The van der Waals surface area contributed by atoms with E-state index in [4.69, 9.17) is 5.14 Å². The Labute approximate surface area is 185 Å². The second-order valence-corrected chi connectivity index (χ2v) is 9.55.